The number of aromatic nitrogens is 1. The van der Waals surface area contributed by atoms with Gasteiger partial charge in [-0.05, 0) is 66.6 Å². The Kier molecular flexibility index (Phi) is 9.49. The van der Waals surface area contributed by atoms with E-state index in [4.69, 9.17) is 4.74 Å². The van der Waals surface area contributed by atoms with Crippen molar-refractivity contribution in [3.8, 4) is 5.75 Å². The van der Waals surface area contributed by atoms with Crippen molar-refractivity contribution >= 4 is 64.8 Å². The van der Waals surface area contributed by atoms with Crippen LogP contribution in [0, 0.1) is 0 Å². The van der Waals surface area contributed by atoms with Crippen LogP contribution >= 0.6 is 27.3 Å². The highest BCUT2D eigenvalue weighted by molar-refractivity contribution is 9.10. The van der Waals surface area contributed by atoms with E-state index in [9.17, 15) is 13.2 Å². The predicted molar refractivity (Wildman–Crippen MR) is 161 cm³/mol. The third-order valence-corrected chi connectivity index (χ3v) is 9.51. The molecule has 0 saturated heterocycles. The number of hydrogen-bond donors (Lipinski definition) is 0. The molecule has 0 aliphatic heterocycles. The average molecular weight is 630 g/mol. The summed E-state index contributed by atoms with van der Waals surface area (Å²) < 4.78 is 34.8. The number of hydrogen-bond acceptors (Lipinski definition) is 7. The fourth-order valence-electron chi connectivity index (χ4n) is 3.80. The molecule has 4 rings (SSSR count). The maximum Gasteiger partial charge on any atom is 0.280 e. The number of ether oxygens (including phenoxy) is 1. The molecule has 1 aromatic heterocycles. The van der Waals surface area contributed by atoms with E-state index in [0.29, 0.717) is 29.5 Å². The molecule has 0 unspecified atom stereocenters. The number of thiazole rings is 1. The van der Waals surface area contributed by atoms with Crippen molar-refractivity contribution in [2.45, 2.75) is 31.6 Å². The van der Waals surface area contributed by atoms with Crippen molar-refractivity contribution in [3.05, 3.63) is 82.3 Å². The molecule has 204 valence electrons. The Labute approximate surface area is 241 Å². The Balaban J connectivity index is 1.68. The van der Waals surface area contributed by atoms with Gasteiger partial charge in [-0.1, -0.05) is 59.7 Å². The molecule has 8 nitrogen and oxygen atoms in total. The summed E-state index contributed by atoms with van der Waals surface area (Å²) in [6.45, 7) is 4.68. The van der Waals surface area contributed by atoms with Crippen LogP contribution in [0.2, 0.25) is 0 Å². The van der Waals surface area contributed by atoms with Crippen molar-refractivity contribution in [2.75, 3.05) is 25.2 Å². The summed E-state index contributed by atoms with van der Waals surface area (Å²) in [6, 6.07) is 19.0. The van der Waals surface area contributed by atoms with Gasteiger partial charge in [-0.25, -0.2) is 13.4 Å². The van der Waals surface area contributed by atoms with Crippen molar-refractivity contribution in [1.29, 1.82) is 0 Å². The van der Waals surface area contributed by atoms with Crippen LogP contribution in [0.3, 0.4) is 0 Å². The molecule has 0 aliphatic rings. The summed E-state index contributed by atoms with van der Waals surface area (Å²) in [6.07, 6.45) is 3.26. The third kappa shape index (κ3) is 6.73. The normalized spacial score (nSPS) is 11.9. The maximum atomic E-state index is 13.7. The summed E-state index contributed by atoms with van der Waals surface area (Å²) in [7, 11) is -2.07. The average Bonchev–Trinajstić information content (AvgIpc) is 3.37. The van der Waals surface area contributed by atoms with E-state index >= 15 is 0 Å². The molecule has 3 aromatic carbocycles. The Hall–Kier alpha value is -3.12. The van der Waals surface area contributed by atoms with Gasteiger partial charge >= 0.3 is 0 Å². The van der Waals surface area contributed by atoms with Gasteiger partial charge in [0.05, 0.1) is 28.4 Å². The third-order valence-electron chi connectivity index (χ3n) is 6.00. The van der Waals surface area contributed by atoms with Gasteiger partial charge in [0, 0.05) is 23.1 Å². The minimum Gasteiger partial charge on any atom is -0.497 e. The molecule has 0 atom stereocenters. The highest BCUT2D eigenvalue weighted by atomic mass is 79.9. The number of halogens is 1. The van der Waals surface area contributed by atoms with E-state index in [2.05, 4.69) is 26.0 Å². The van der Waals surface area contributed by atoms with Gasteiger partial charge in [0.1, 0.15) is 5.75 Å². The monoisotopic (exact) mass is 628 g/mol. The number of fused-ring (bicyclic) bond motifs is 1. The first-order chi connectivity index (χ1) is 18.8. The molecule has 0 spiro atoms. The zero-order chi connectivity index (χ0) is 28.0. The molecule has 1 amide bonds. The lowest BCUT2D eigenvalue weighted by Gasteiger charge is -2.20. The van der Waals surface area contributed by atoms with Crippen LogP contribution in [0.5, 0.6) is 5.75 Å². The molecule has 0 radical (unpaired) electrons. The van der Waals surface area contributed by atoms with Crippen LogP contribution in [0.25, 0.3) is 10.2 Å². The van der Waals surface area contributed by atoms with Gasteiger partial charge in [-0.2, -0.15) is 14.4 Å². The molecule has 0 aliphatic carbocycles. The summed E-state index contributed by atoms with van der Waals surface area (Å²) >= 11 is 4.73. The van der Waals surface area contributed by atoms with Gasteiger partial charge in [-0.3, -0.25) is 4.79 Å². The zero-order valence-electron chi connectivity index (χ0n) is 21.9. The fraction of sp³-hybridized carbons (Fsp3) is 0.250. The summed E-state index contributed by atoms with van der Waals surface area (Å²) in [4.78, 5) is 18.5. The number of unbranched alkanes of at least 4 members (excludes halogenated alkanes) is 1. The number of nitrogens with zero attached hydrogens (tertiary/aromatic N) is 4. The largest absolute Gasteiger partial charge is 0.497 e. The van der Waals surface area contributed by atoms with E-state index in [1.807, 2.05) is 56.3 Å². The number of hydrazone groups is 1. The molecule has 39 heavy (non-hydrogen) atoms. The first-order valence-electron chi connectivity index (χ1n) is 12.5. The van der Waals surface area contributed by atoms with Gasteiger partial charge in [0.25, 0.3) is 5.91 Å². The van der Waals surface area contributed by atoms with Crippen molar-refractivity contribution in [3.63, 3.8) is 0 Å². The quantitative estimate of drug-likeness (QED) is 0.139. The standard InChI is InChI=1S/C28H29BrN4O4S2/c1-4-6-17-32(5-2)39(35,36)24-14-9-21(10-15-24)27(34)33(30-19-20-7-11-22(29)12-8-20)28-31-25-16-13-23(37-3)18-26(25)38-28/h7-16,18-19H,4-6,17H2,1-3H3/b30-19+. The molecule has 0 saturated carbocycles. The lowest BCUT2D eigenvalue weighted by Crippen LogP contribution is -2.32. The molecule has 0 fully saturated rings. The number of rotatable bonds is 11. The Morgan fingerprint density at radius 3 is 2.44 bits per heavy atom. The van der Waals surface area contributed by atoms with Crippen molar-refractivity contribution < 1.29 is 17.9 Å². The number of carbonyl (C=O) groups is 1. The van der Waals surface area contributed by atoms with Crippen LogP contribution in [-0.2, 0) is 10.0 Å². The highest BCUT2D eigenvalue weighted by Gasteiger charge is 2.25. The van der Waals surface area contributed by atoms with Gasteiger partial charge in [0.15, 0.2) is 0 Å². The molecule has 1 heterocycles. The summed E-state index contributed by atoms with van der Waals surface area (Å²) in [5.74, 6) is 0.252. The first kappa shape index (κ1) is 28.9. The minimum atomic E-state index is -3.66. The number of sulfonamides is 1. The van der Waals surface area contributed by atoms with E-state index < -0.39 is 15.9 Å². The van der Waals surface area contributed by atoms with Crippen LogP contribution in [0.1, 0.15) is 42.6 Å². The van der Waals surface area contributed by atoms with E-state index in [0.717, 1.165) is 27.6 Å². The molecule has 4 aromatic rings. The molecular weight excluding hydrogens is 600 g/mol. The minimum absolute atomic E-state index is 0.147. The Morgan fingerprint density at radius 1 is 1.08 bits per heavy atom. The number of benzene rings is 3. The van der Waals surface area contributed by atoms with E-state index in [1.165, 1.54) is 44.9 Å². The summed E-state index contributed by atoms with van der Waals surface area (Å²) in [5, 5.41) is 6.11. The molecule has 0 N–H and O–H groups in total. The fourth-order valence-corrected chi connectivity index (χ4v) is 6.50. The topological polar surface area (TPSA) is 92.2 Å². The second-order valence-electron chi connectivity index (χ2n) is 8.62. The smallest absolute Gasteiger partial charge is 0.280 e. The SMILES string of the molecule is CCCCN(CC)S(=O)(=O)c1ccc(C(=O)N(/N=C/c2ccc(Br)cc2)c2nc3ccc(OC)cc3s2)cc1. The summed E-state index contributed by atoms with van der Waals surface area (Å²) in [5.41, 5.74) is 1.79. The molecule has 0 bridgehead atoms. The van der Waals surface area contributed by atoms with Gasteiger partial charge in [-0.15, -0.1) is 0 Å². The number of carbonyl (C=O) groups excluding carboxylic acids is 1. The van der Waals surface area contributed by atoms with Crippen molar-refractivity contribution in [1.82, 2.24) is 9.29 Å². The Bertz CT molecular complexity index is 1570. The lowest BCUT2D eigenvalue weighted by atomic mass is 10.2. The van der Waals surface area contributed by atoms with Crippen LogP contribution in [0.4, 0.5) is 5.13 Å². The Morgan fingerprint density at radius 2 is 1.79 bits per heavy atom. The van der Waals surface area contributed by atoms with Crippen LogP contribution < -0.4 is 9.75 Å². The zero-order valence-corrected chi connectivity index (χ0v) is 25.1. The maximum absolute atomic E-state index is 13.7. The number of amides is 1. The van der Waals surface area contributed by atoms with Gasteiger partial charge < -0.3 is 4.74 Å². The second-order valence-corrected chi connectivity index (χ2v) is 12.5. The predicted octanol–water partition coefficient (Wildman–Crippen LogP) is 6.56. The van der Waals surface area contributed by atoms with Crippen LogP contribution in [0.15, 0.2) is 81.2 Å². The van der Waals surface area contributed by atoms with E-state index in [1.54, 1.807) is 13.3 Å². The molecule has 11 heteroatoms. The van der Waals surface area contributed by atoms with E-state index in [-0.39, 0.29) is 10.5 Å². The first-order valence-corrected chi connectivity index (χ1v) is 15.5. The highest BCUT2D eigenvalue weighted by Crippen LogP contribution is 2.32. The number of methoxy groups -OCH3 is 1. The number of anilines is 1. The van der Waals surface area contributed by atoms with Crippen molar-refractivity contribution in [2.24, 2.45) is 5.10 Å². The van der Waals surface area contributed by atoms with Crippen LogP contribution in [-0.4, -0.2) is 50.0 Å². The van der Waals surface area contributed by atoms with Gasteiger partial charge in [0.2, 0.25) is 15.2 Å². The molecular formula is C28H29BrN4O4S2. The lowest BCUT2D eigenvalue weighted by molar-refractivity contribution is 0.0987. The second kappa shape index (κ2) is 12.8.